The van der Waals surface area contributed by atoms with E-state index in [0.717, 1.165) is 11.3 Å². The van der Waals surface area contributed by atoms with Crippen LogP contribution in [0.25, 0.3) is 11.3 Å². The van der Waals surface area contributed by atoms with Gasteiger partial charge in [-0.3, -0.25) is 9.78 Å². The molecule has 0 radical (unpaired) electrons. The third kappa shape index (κ3) is 3.30. The van der Waals surface area contributed by atoms with Gasteiger partial charge in [0.2, 0.25) is 0 Å². The molecule has 1 N–H and O–H groups in total. The van der Waals surface area contributed by atoms with E-state index >= 15 is 0 Å². The summed E-state index contributed by atoms with van der Waals surface area (Å²) in [5.41, 5.74) is 1.81. The maximum absolute atomic E-state index is 12.0. The first-order chi connectivity index (χ1) is 12.3. The average Bonchev–Trinajstić information content (AvgIpc) is 3.15. The van der Waals surface area contributed by atoms with Crippen LogP contribution in [0.5, 0.6) is 11.5 Å². The van der Waals surface area contributed by atoms with Gasteiger partial charge in [0.05, 0.1) is 6.54 Å². The third-order valence-corrected chi connectivity index (χ3v) is 3.71. The molecular weight excluding hydrogens is 322 g/mol. The number of nitrogens with zero attached hydrogens (tertiary/aromatic N) is 2. The Balaban J connectivity index is 1.44. The molecule has 0 spiro atoms. The fourth-order valence-corrected chi connectivity index (χ4v) is 2.49. The topological polar surface area (TPSA) is 86.5 Å². The summed E-state index contributed by atoms with van der Waals surface area (Å²) in [5, 5.41) is 6.75. The average molecular weight is 337 g/mol. The number of nitrogens with one attached hydrogen (secondary N) is 1. The minimum atomic E-state index is -0.260. The molecule has 1 aliphatic heterocycles. The maximum Gasteiger partial charge on any atom is 0.270 e. The van der Waals surface area contributed by atoms with E-state index < -0.39 is 0 Å². The molecule has 1 aliphatic rings. The number of fused-ring (bicyclic) bond motifs is 1. The summed E-state index contributed by atoms with van der Waals surface area (Å²) in [6, 6.07) is 12.5. The van der Waals surface area contributed by atoms with Crippen LogP contribution in [0.4, 0.5) is 0 Å². The van der Waals surface area contributed by atoms with Gasteiger partial charge in [-0.1, -0.05) is 11.2 Å². The lowest BCUT2D eigenvalue weighted by Gasteiger charge is -2.18. The fraction of sp³-hybridized carbons (Fsp3) is 0.167. The van der Waals surface area contributed by atoms with E-state index in [0.29, 0.717) is 36.1 Å². The molecule has 7 nitrogen and oxygen atoms in total. The van der Waals surface area contributed by atoms with Gasteiger partial charge in [0.15, 0.2) is 17.3 Å². The van der Waals surface area contributed by atoms with Gasteiger partial charge in [0.25, 0.3) is 5.91 Å². The van der Waals surface area contributed by atoms with Crippen molar-refractivity contribution in [3.63, 3.8) is 0 Å². The highest BCUT2D eigenvalue weighted by Gasteiger charge is 2.15. The predicted molar refractivity (Wildman–Crippen MR) is 88.3 cm³/mol. The van der Waals surface area contributed by atoms with E-state index in [2.05, 4.69) is 15.5 Å². The van der Waals surface area contributed by atoms with Crippen LogP contribution < -0.4 is 14.8 Å². The molecule has 0 saturated carbocycles. The first-order valence-corrected chi connectivity index (χ1v) is 7.84. The van der Waals surface area contributed by atoms with Crippen molar-refractivity contribution in [2.45, 2.75) is 6.54 Å². The van der Waals surface area contributed by atoms with Gasteiger partial charge in [-0.05, 0) is 30.3 Å². The Morgan fingerprint density at radius 2 is 1.96 bits per heavy atom. The summed E-state index contributed by atoms with van der Waals surface area (Å²) < 4.78 is 16.4. The number of pyridine rings is 1. The number of amides is 1. The molecule has 3 heterocycles. The molecule has 3 aromatic rings. The minimum Gasteiger partial charge on any atom is -0.486 e. The molecule has 0 unspecified atom stereocenters. The lowest BCUT2D eigenvalue weighted by molar-refractivity contribution is 0.0945. The number of benzene rings is 1. The van der Waals surface area contributed by atoms with E-state index in [4.69, 9.17) is 14.0 Å². The van der Waals surface area contributed by atoms with Crippen LogP contribution in [0, 0.1) is 0 Å². The second-order valence-corrected chi connectivity index (χ2v) is 5.44. The van der Waals surface area contributed by atoms with E-state index in [-0.39, 0.29) is 12.5 Å². The van der Waals surface area contributed by atoms with Crippen LogP contribution >= 0.6 is 0 Å². The largest absolute Gasteiger partial charge is 0.486 e. The summed E-state index contributed by atoms with van der Waals surface area (Å²) in [6.07, 6.45) is 1.57. The lowest BCUT2D eigenvalue weighted by Crippen LogP contribution is -2.23. The molecule has 2 aromatic heterocycles. The van der Waals surface area contributed by atoms with Crippen molar-refractivity contribution in [1.82, 2.24) is 15.5 Å². The molecule has 1 aromatic carbocycles. The van der Waals surface area contributed by atoms with Crippen molar-refractivity contribution in [1.29, 1.82) is 0 Å². The number of carbonyl (C=O) groups is 1. The molecule has 0 saturated heterocycles. The number of hydrogen-bond donors (Lipinski definition) is 1. The third-order valence-electron chi connectivity index (χ3n) is 3.71. The normalized spacial score (nSPS) is 12.6. The van der Waals surface area contributed by atoms with E-state index in [1.54, 1.807) is 30.5 Å². The Morgan fingerprint density at radius 3 is 2.80 bits per heavy atom. The van der Waals surface area contributed by atoms with Crippen molar-refractivity contribution in [3.05, 3.63) is 60.0 Å². The molecule has 0 fully saturated rings. The van der Waals surface area contributed by atoms with Crippen molar-refractivity contribution < 1.29 is 18.8 Å². The molecule has 0 aliphatic carbocycles. The summed E-state index contributed by atoms with van der Waals surface area (Å²) >= 11 is 0. The van der Waals surface area contributed by atoms with Crippen LogP contribution in [0.3, 0.4) is 0 Å². The van der Waals surface area contributed by atoms with Crippen molar-refractivity contribution in [2.24, 2.45) is 0 Å². The minimum absolute atomic E-state index is 0.253. The van der Waals surface area contributed by atoms with Crippen LogP contribution in [-0.2, 0) is 6.54 Å². The van der Waals surface area contributed by atoms with Gasteiger partial charge in [-0.25, -0.2) is 0 Å². The van der Waals surface area contributed by atoms with Gasteiger partial charge in [-0.2, -0.15) is 0 Å². The monoisotopic (exact) mass is 337 g/mol. The van der Waals surface area contributed by atoms with Gasteiger partial charge in [0.1, 0.15) is 24.6 Å². The lowest BCUT2D eigenvalue weighted by atomic mass is 10.1. The standard InChI is InChI=1S/C18H15N3O4/c22-18(14-3-1-2-6-19-14)20-11-13-10-16(25-21-13)12-4-5-15-17(9-12)24-8-7-23-15/h1-6,9-10H,7-8,11H2,(H,20,22). The van der Waals surface area contributed by atoms with E-state index in [1.165, 1.54) is 0 Å². The van der Waals surface area contributed by atoms with Crippen molar-refractivity contribution in [2.75, 3.05) is 13.2 Å². The number of hydrogen-bond acceptors (Lipinski definition) is 6. The summed E-state index contributed by atoms with van der Waals surface area (Å²) in [5.74, 6) is 1.74. The Labute approximate surface area is 143 Å². The van der Waals surface area contributed by atoms with Crippen LogP contribution in [0.2, 0.25) is 0 Å². The Morgan fingerprint density at radius 1 is 1.08 bits per heavy atom. The highest BCUT2D eigenvalue weighted by atomic mass is 16.6. The number of ether oxygens (including phenoxy) is 2. The number of rotatable bonds is 4. The molecular formula is C18H15N3O4. The summed E-state index contributed by atoms with van der Waals surface area (Å²) in [4.78, 5) is 16.0. The highest BCUT2D eigenvalue weighted by molar-refractivity contribution is 5.92. The molecule has 0 atom stereocenters. The quantitative estimate of drug-likeness (QED) is 0.787. The fourth-order valence-electron chi connectivity index (χ4n) is 2.49. The SMILES string of the molecule is O=C(NCc1cc(-c2ccc3c(c2)OCCO3)on1)c1ccccn1. The van der Waals surface area contributed by atoms with Gasteiger partial charge < -0.3 is 19.3 Å². The number of aromatic nitrogens is 2. The zero-order valence-corrected chi connectivity index (χ0v) is 13.3. The Bertz CT molecular complexity index is 892. The zero-order valence-electron chi connectivity index (χ0n) is 13.3. The first kappa shape index (κ1) is 15.2. The Hall–Kier alpha value is -3.35. The zero-order chi connectivity index (χ0) is 17.1. The first-order valence-electron chi connectivity index (χ1n) is 7.84. The molecule has 25 heavy (non-hydrogen) atoms. The maximum atomic E-state index is 12.0. The smallest absolute Gasteiger partial charge is 0.270 e. The van der Waals surface area contributed by atoms with Crippen LogP contribution in [0.15, 0.2) is 53.2 Å². The second kappa shape index (κ2) is 6.64. The van der Waals surface area contributed by atoms with Crippen molar-refractivity contribution in [3.8, 4) is 22.8 Å². The number of carbonyl (C=O) groups excluding carboxylic acids is 1. The van der Waals surface area contributed by atoms with Crippen molar-refractivity contribution >= 4 is 5.91 Å². The molecule has 0 bridgehead atoms. The van der Waals surface area contributed by atoms with E-state index in [9.17, 15) is 4.79 Å². The van der Waals surface area contributed by atoms with Crippen LogP contribution in [-0.4, -0.2) is 29.3 Å². The van der Waals surface area contributed by atoms with Gasteiger partial charge in [-0.15, -0.1) is 0 Å². The molecule has 4 rings (SSSR count). The van der Waals surface area contributed by atoms with E-state index in [1.807, 2.05) is 18.2 Å². The van der Waals surface area contributed by atoms with Gasteiger partial charge >= 0.3 is 0 Å². The molecule has 126 valence electrons. The molecule has 1 amide bonds. The Kier molecular flexibility index (Phi) is 4.04. The summed E-state index contributed by atoms with van der Waals surface area (Å²) in [6.45, 7) is 1.33. The summed E-state index contributed by atoms with van der Waals surface area (Å²) in [7, 11) is 0. The van der Waals surface area contributed by atoms with Gasteiger partial charge in [0, 0.05) is 17.8 Å². The molecule has 7 heteroatoms. The van der Waals surface area contributed by atoms with Crippen LogP contribution in [0.1, 0.15) is 16.2 Å². The highest BCUT2D eigenvalue weighted by Crippen LogP contribution is 2.34. The predicted octanol–water partition coefficient (Wildman–Crippen LogP) is 2.44. The second-order valence-electron chi connectivity index (χ2n) is 5.44.